The van der Waals surface area contributed by atoms with Crippen LogP contribution in [0.3, 0.4) is 0 Å². The van der Waals surface area contributed by atoms with Crippen LogP contribution in [0.1, 0.15) is 30.7 Å². The number of terminal acetylenes is 1. The lowest BCUT2D eigenvalue weighted by molar-refractivity contribution is 0.520. The maximum absolute atomic E-state index is 6.25. The Morgan fingerprint density at radius 1 is 1.50 bits per heavy atom. The third-order valence-corrected chi connectivity index (χ3v) is 4.32. The van der Waals surface area contributed by atoms with Gasteiger partial charge in [0.25, 0.3) is 0 Å². The van der Waals surface area contributed by atoms with E-state index in [1.54, 1.807) is 0 Å². The summed E-state index contributed by atoms with van der Waals surface area (Å²) in [5.74, 6) is 4.31. The van der Waals surface area contributed by atoms with Crippen molar-refractivity contribution in [1.82, 2.24) is 0 Å². The summed E-state index contributed by atoms with van der Waals surface area (Å²) < 4.78 is 0. The first-order chi connectivity index (χ1) is 7.83. The topological polar surface area (TPSA) is 26.0 Å². The van der Waals surface area contributed by atoms with Crippen LogP contribution in [0.5, 0.6) is 0 Å². The summed E-state index contributed by atoms with van der Waals surface area (Å²) in [5.41, 5.74) is 7.68. The third kappa shape index (κ3) is 2.42. The summed E-state index contributed by atoms with van der Waals surface area (Å²) in [6.45, 7) is 0. The van der Waals surface area contributed by atoms with Gasteiger partial charge < -0.3 is 5.73 Å². The van der Waals surface area contributed by atoms with Crippen molar-refractivity contribution in [3.05, 3.63) is 29.8 Å². The molecule has 0 bridgehead atoms. The smallest absolute Gasteiger partial charge is 0.0117 e. The number of unbranched alkanes of at least 4 members (excludes halogenated alkanes) is 1. The van der Waals surface area contributed by atoms with Gasteiger partial charge in [0, 0.05) is 29.0 Å². The van der Waals surface area contributed by atoms with Crippen LogP contribution in [-0.2, 0) is 0 Å². The molecule has 2 atom stereocenters. The molecule has 0 amide bonds. The van der Waals surface area contributed by atoms with Crippen molar-refractivity contribution < 1.29 is 0 Å². The highest BCUT2D eigenvalue weighted by Gasteiger charge is 2.27. The molecule has 0 saturated heterocycles. The Bertz CT molecular complexity index is 394. The Labute approximate surface area is 102 Å². The van der Waals surface area contributed by atoms with E-state index in [2.05, 4.69) is 30.2 Å². The zero-order valence-corrected chi connectivity index (χ0v) is 10.2. The molecular weight excluding hydrogens is 214 g/mol. The second kappa shape index (κ2) is 5.43. The van der Waals surface area contributed by atoms with Gasteiger partial charge >= 0.3 is 0 Å². The fourth-order valence-corrected chi connectivity index (χ4v) is 3.53. The van der Waals surface area contributed by atoms with Crippen molar-refractivity contribution in [3.63, 3.8) is 0 Å². The van der Waals surface area contributed by atoms with E-state index in [1.807, 2.05) is 11.8 Å². The van der Waals surface area contributed by atoms with Crippen LogP contribution in [0.2, 0.25) is 0 Å². The van der Waals surface area contributed by atoms with Gasteiger partial charge in [0.05, 0.1) is 0 Å². The number of rotatable bonds is 4. The normalized spacial score (nSPS) is 20.1. The molecule has 1 aliphatic rings. The van der Waals surface area contributed by atoms with E-state index in [1.165, 1.54) is 10.5 Å². The number of thioether (sulfide) groups is 1. The molecule has 0 fully saturated rings. The maximum atomic E-state index is 6.25. The number of nitrogens with two attached hydrogens (primary N) is 1. The summed E-state index contributed by atoms with van der Waals surface area (Å²) in [6, 6.07) is 8.85. The molecule has 1 aliphatic heterocycles. The molecule has 0 radical (unpaired) electrons. The summed E-state index contributed by atoms with van der Waals surface area (Å²) in [6.07, 6.45) is 8.17. The largest absolute Gasteiger partial charge is 0.327 e. The van der Waals surface area contributed by atoms with Gasteiger partial charge in [-0.1, -0.05) is 18.2 Å². The summed E-state index contributed by atoms with van der Waals surface area (Å²) >= 11 is 1.92. The molecule has 84 valence electrons. The zero-order chi connectivity index (χ0) is 11.4. The van der Waals surface area contributed by atoms with E-state index in [-0.39, 0.29) is 6.04 Å². The van der Waals surface area contributed by atoms with Crippen LogP contribution >= 0.6 is 11.8 Å². The maximum Gasteiger partial charge on any atom is 0.0117 e. The van der Waals surface area contributed by atoms with Gasteiger partial charge in [-0.05, 0) is 24.5 Å². The second-order valence-corrected chi connectivity index (χ2v) is 5.28. The Morgan fingerprint density at radius 2 is 2.31 bits per heavy atom. The van der Waals surface area contributed by atoms with E-state index in [0.29, 0.717) is 5.92 Å². The molecule has 1 heterocycles. The van der Waals surface area contributed by atoms with Crippen molar-refractivity contribution in [1.29, 1.82) is 0 Å². The predicted molar refractivity (Wildman–Crippen MR) is 70.6 cm³/mol. The average molecular weight is 231 g/mol. The minimum atomic E-state index is 0.254. The first kappa shape index (κ1) is 11.6. The summed E-state index contributed by atoms with van der Waals surface area (Å²) in [4.78, 5) is 1.40. The molecule has 2 N–H and O–H groups in total. The molecule has 2 rings (SSSR count). The standard InChI is InChI=1S/C14H17NS/c1-2-3-4-8-13(15)12-10-16-14-9-6-5-7-11(12)14/h1,5-7,9,12-13H,3-4,8,10,15H2. The minimum absolute atomic E-state index is 0.254. The van der Waals surface area contributed by atoms with E-state index in [9.17, 15) is 0 Å². The molecule has 1 aromatic carbocycles. The third-order valence-electron chi connectivity index (χ3n) is 3.11. The molecule has 2 heteroatoms. The number of benzene rings is 1. The van der Waals surface area contributed by atoms with E-state index in [4.69, 9.17) is 12.2 Å². The van der Waals surface area contributed by atoms with E-state index >= 15 is 0 Å². The fraction of sp³-hybridized carbons (Fsp3) is 0.429. The minimum Gasteiger partial charge on any atom is -0.327 e. The van der Waals surface area contributed by atoms with Gasteiger partial charge in [0.1, 0.15) is 0 Å². The Hall–Kier alpha value is -0.910. The highest BCUT2D eigenvalue weighted by molar-refractivity contribution is 7.99. The second-order valence-electron chi connectivity index (χ2n) is 4.22. The summed E-state index contributed by atoms with van der Waals surface area (Å²) in [5, 5.41) is 0. The van der Waals surface area contributed by atoms with E-state index in [0.717, 1.165) is 25.0 Å². The van der Waals surface area contributed by atoms with Crippen LogP contribution in [0, 0.1) is 12.3 Å². The fourth-order valence-electron chi connectivity index (χ4n) is 2.18. The van der Waals surface area contributed by atoms with Gasteiger partial charge in [0.15, 0.2) is 0 Å². The van der Waals surface area contributed by atoms with Crippen LogP contribution in [-0.4, -0.2) is 11.8 Å². The number of hydrogen-bond donors (Lipinski definition) is 1. The first-order valence-corrected chi connectivity index (χ1v) is 6.72. The lowest BCUT2D eigenvalue weighted by atomic mass is 9.91. The molecule has 0 aliphatic carbocycles. The molecule has 1 aromatic rings. The Kier molecular flexibility index (Phi) is 3.93. The van der Waals surface area contributed by atoms with Crippen LogP contribution in [0.4, 0.5) is 0 Å². The predicted octanol–water partition coefficient (Wildman–Crippen LogP) is 3.01. The molecule has 16 heavy (non-hydrogen) atoms. The number of fused-ring (bicyclic) bond motifs is 1. The number of hydrogen-bond acceptors (Lipinski definition) is 2. The van der Waals surface area contributed by atoms with Gasteiger partial charge in [-0.3, -0.25) is 0 Å². The highest BCUT2D eigenvalue weighted by atomic mass is 32.2. The van der Waals surface area contributed by atoms with E-state index < -0.39 is 0 Å². The summed E-state index contributed by atoms with van der Waals surface area (Å²) in [7, 11) is 0. The first-order valence-electron chi connectivity index (χ1n) is 5.73. The highest BCUT2D eigenvalue weighted by Crippen LogP contribution is 2.41. The van der Waals surface area contributed by atoms with Gasteiger partial charge in [-0.2, -0.15) is 0 Å². The zero-order valence-electron chi connectivity index (χ0n) is 9.36. The molecule has 0 saturated carbocycles. The SMILES string of the molecule is C#CCCCC(N)C1CSc2ccccc21. The van der Waals surface area contributed by atoms with Crippen molar-refractivity contribution in [3.8, 4) is 12.3 Å². The van der Waals surface area contributed by atoms with Gasteiger partial charge in [0.2, 0.25) is 0 Å². The Morgan fingerprint density at radius 3 is 3.12 bits per heavy atom. The molecule has 2 unspecified atom stereocenters. The van der Waals surface area contributed by atoms with Crippen molar-refractivity contribution in [2.24, 2.45) is 5.73 Å². The van der Waals surface area contributed by atoms with Crippen LogP contribution in [0.15, 0.2) is 29.2 Å². The quantitative estimate of drug-likeness (QED) is 0.637. The molecule has 1 nitrogen and oxygen atoms in total. The molecule has 0 aromatic heterocycles. The van der Waals surface area contributed by atoms with Crippen LogP contribution in [0.25, 0.3) is 0 Å². The molecular formula is C14H17NS. The van der Waals surface area contributed by atoms with Crippen LogP contribution < -0.4 is 5.73 Å². The van der Waals surface area contributed by atoms with Crippen molar-refractivity contribution in [2.75, 3.05) is 5.75 Å². The lowest BCUT2D eigenvalue weighted by Gasteiger charge is -2.19. The monoisotopic (exact) mass is 231 g/mol. The lowest BCUT2D eigenvalue weighted by Crippen LogP contribution is -2.28. The van der Waals surface area contributed by atoms with Crippen molar-refractivity contribution in [2.45, 2.75) is 36.1 Å². The molecule has 0 spiro atoms. The Balaban J connectivity index is 1.99. The van der Waals surface area contributed by atoms with Gasteiger partial charge in [-0.15, -0.1) is 24.1 Å². The van der Waals surface area contributed by atoms with Gasteiger partial charge in [-0.25, -0.2) is 0 Å². The van der Waals surface area contributed by atoms with Crippen molar-refractivity contribution >= 4 is 11.8 Å². The average Bonchev–Trinajstić information content (AvgIpc) is 2.73.